The van der Waals surface area contributed by atoms with E-state index in [0.29, 0.717) is 13.0 Å². The van der Waals surface area contributed by atoms with E-state index >= 15 is 0 Å². The molecule has 4 rings (SSSR count). The Hall–Kier alpha value is -3.39. The summed E-state index contributed by atoms with van der Waals surface area (Å²) in [5.74, 6) is 1.06. The minimum atomic E-state index is -0.499. The van der Waals surface area contributed by atoms with Crippen LogP contribution in [-0.4, -0.2) is 72.0 Å². The topological polar surface area (TPSA) is 79.4 Å². The van der Waals surface area contributed by atoms with Gasteiger partial charge in [-0.25, -0.2) is 4.79 Å². The van der Waals surface area contributed by atoms with Gasteiger partial charge in [-0.15, -0.1) is 0 Å². The zero-order chi connectivity index (χ0) is 31.3. The number of Topliss-reactive ketones (excluding diaryl/α,β-unsaturated/α-hetero) is 1. The molecule has 1 atom stereocenters. The number of carbonyl (C=O) groups excluding carboxylic acids is 3. The molecule has 8 nitrogen and oxygen atoms in total. The van der Waals surface area contributed by atoms with Crippen LogP contribution >= 0.6 is 0 Å². The monoisotopic (exact) mass is 591 g/mol. The van der Waals surface area contributed by atoms with E-state index in [1.165, 1.54) is 5.56 Å². The van der Waals surface area contributed by atoms with Crippen LogP contribution in [-0.2, 0) is 27.3 Å². The van der Waals surface area contributed by atoms with Crippen LogP contribution < -0.4 is 9.64 Å². The molecule has 2 aromatic rings. The fraction of sp³-hybridized carbons (Fsp3) is 0.571. The van der Waals surface area contributed by atoms with E-state index < -0.39 is 5.60 Å². The number of hydrogen-bond donors (Lipinski definition) is 0. The highest BCUT2D eigenvalue weighted by Crippen LogP contribution is 2.31. The molecule has 8 heteroatoms. The molecule has 2 aliphatic rings. The number of rotatable bonds is 8. The van der Waals surface area contributed by atoms with Crippen molar-refractivity contribution >= 4 is 23.5 Å². The first-order valence-corrected chi connectivity index (χ1v) is 15.6. The zero-order valence-electron chi connectivity index (χ0n) is 27.0. The number of amides is 2. The maximum atomic E-state index is 13.4. The molecule has 43 heavy (non-hydrogen) atoms. The molecule has 1 saturated carbocycles. The molecule has 2 amide bonds. The number of benzene rings is 2. The summed E-state index contributed by atoms with van der Waals surface area (Å²) in [5, 5.41) is 0. The minimum absolute atomic E-state index is 0.0170. The summed E-state index contributed by atoms with van der Waals surface area (Å²) < 4.78 is 11.8. The quantitative estimate of drug-likeness (QED) is 0.366. The number of piperazine rings is 1. The Balaban J connectivity index is 1.27. The van der Waals surface area contributed by atoms with E-state index in [-0.39, 0.29) is 35.8 Å². The van der Waals surface area contributed by atoms with Gasteiger partial charge in [-0.05, 0) is 108 Å². The van der Waals surface area contributed by atoms with Gasteiger partial charge in [-0.2, -0.15) is 0 Å². The van der Waals surface area contributed by atoms with Gasteiger partial charge in [0.05, 0.1) is 6.10 Å². The van der Waals surface area contributed by atoms with Gasteiger partial charge in [0.2, 0.25) is 5.91 Å². The van der Waals surface area contributed by atoms with Gasteiger partial charge in [-0.1, -0.05) is 18.2 Å². The van der Waals surface area contributed by atoms with Gasteiger partial charge in [0.25, 0.3) is 0 Å². The molecule has 1 heterocycles. The normalized spacial score (nSPS) is 21.3. The third kappa shape index (κ3) is 9.05. The third-order valence-corrected chi connectivity index (χ3v) is 8.46. The van der Waals surface area contributed by atoms with Crippen LogP contribution in [0.2, 0.25) is 0 Å². The predicted octanol–water partition coefficient (Wildman–Crippen LogP) is 6.17. The number of hydrogen-bond acceptors (Lipinski definition) is 6. The Labute approximate surface area is 257 Å². The SMILES string of the molecule is CC(=O)Cc1cccc(OC2CCC(C(=O)N(C)c3ccc(CN4CCN(C(=O)OC(C)(C)C)[C@@H](C)C4)c(C)c3)CC2)c1. The summed E-state index contributed by atoms with van der Waals surface area (Å²) in [6.07, 6.45) is 3.51. The molecule has 234 valence electrons. The first-order chi connectivity index (χ1) is 20.3. The highest BCUT2D eigenvalue weighted by Gasteiger charge is 2.32. The number of aryl methyl sites for hydroxylation is 1. The summed E-state index contributed by atoms with van der Waals surface area (Å²) in [7, 11) is 1.87. The fourth-order valence-corrected chi connectivity index (χ4v) is 6.11. The summed E-state index contributed by atoms with van der Waals surface area (Å²) in [6.45, 7) is 14.5. The molecule has 0 N–H and O–H groups in total. The maximum absolute atomic E-state index is 13.4. The Morgan fingerprint density at radius 3 is 2.35 bits per heavy atom. The first kappa shape index (κ1) is 32.5. The van der Waals surface area contributed by atoms with Gasteiger partial charge in [0, 0.05) is 57.3 Å². The molecule has 0 bridgehead atoms. The third-order valence-electron chi connectivity index (χ3n) is 8.46. The van der Waals surface area contributed by atoms with Crippen molar-refractivity contribution in [1.29, 1.82) is 0 Å². The number of ketones is 1. The standard InChI is InChI=1S/C35H49N3O5/c1-24-19-30(14-11-29(24)23-37-17-18-38(25(2)22-37)34(41)43-35(4,5)6)36(7)33(40)28-12-15-31(16-13-28)42-32-10-8-9-27(21-32)20-26(3)39/h8-11,14,19,21,25,28,31H,12-13,15-18,20,22-23H2,1-7H3/t25-,28?,31?/m0/s1. The minimum Gasteiger partial charge on any atom is -0.490 e. The van der Waals surface area contributed by atoms with E-state index in [1.807, 2.05) is 63.1 Å². The number of anilines is 1. The van der Waals surface area contributed by atoms with Gasteiger partial charge >= 0.3 is 6.09 Å². The molecule has 1 saturated heterocycles. The smallest absolute Gasteiger partial charge is 0.410 e. The van der Waals surface area contributed by atoms with Crippen LogP contribution in [0.4, 0.5) is 10.5 Å². The molecular formula is C35H49N3O5. The van der Waals surface area contributed by atoms with Crippen molar-refractivity contribution in [2.75, 3.05) is 31.6 Å². The van der Waals surface area contributed by atoms with Gasteiger partial charge in [0.15, 0.2) is 0 Å². The Kier molecular flexibility index (Phi) is 10.5. The molecule has 0 aromatic heterocycles. The lowest BCUT2D eigenvalue weighted by Gasteiger charge is -2.40. The van der Waals surface area contributed by atoms with Crippen molar-refractivity contribution in [2.45, 2.75) is 97.9 Å². The lowest BCUT2D eigenvalue weighted by atomic mass is 9.86. The Bertz CT molecular complexity index is 1290. The number of carbonyl (C=O) groups is 3. The summed E-state index contributed by atoms with van der Waals surface area (Å²) >= 11 is 0. The van der Waals surface area contributed by atoms with Gasteiger partial charge in [-0.3, -0.25) is 14.5 Å². The van der Waals surface area contributed by atoms with Crippen molar-refractivity contribution in [1.82, 2.24) is 9.80 Å². The van der Waals surface area contributed by atoms with E-state index in [9.17, 15) is 14.4 Å². The average molecular weight is 592 g/mol. The van der Waals surface area contributed by atoms with E-state index in [0.717, 1.165) is 67.9 Å². The molecular weight excluding hydrogens is 542 g/mol. The maximum Gasteiger partial charge on any atom is 0.410 e. The van der Waals surface area contributed by atoms with Crippen LogP contribution in [0.15, 0.2) is 42.5 Å². The van der Waals surface area contributed by atoms with Crippen molar-refractivity contribution < 1.29 is 23.9 Å². The van der Waals surface area contributed by atoms with E-state index in [2.05, 4.69) is 30.9 Å². The van der Waals surface area contributed by atoms with Crippen molar-refractivity contribution in [3.63, 3.8) is 0 Å². The molecule has 1 aliphatic carbocycles. The lowest BCUT2D eigenvalue weighted by molar-refractivity contribution is -0.123. The molecule has 2 fully saturated rings. The summed E-state index contributed by atoms with van der Waals surface area (Å²) in [4.78, 5) is 43.5. The second-order valence-electron chi connectivity index (χ2n) is 13.4. The van der Waals surface area contributed by atoms with Crippen molar-refractivity contribution in [3.8, 4) is 5.75 Å². The van der Waals surface area contributed by atoms with Crippen LogP contribution in [0.1, 0.15) is 77.0 Å². The molecule has 1 aliphatic heterocycles. The Morgan fingerprint density at radius 2 is 1.72 bits per heavy atom. The van der Waals surface area contributed by atoms with Crippen LogP contribution in [0.25, 0.3) is 0 Å². The van der Waals surface area contributed by atoms with Gasteiger partial charge < -0.3 is 19.3 Å². The molecule has 0 spiro atoms. The second kappa shape index (κ2) is 13.9. The Morgan fingerprint density at radius 1 is 1.00 bits per heavy atom. The zero-order valence-corrected chi connectivity index (χ0v) is 27.0. The molecule has 2 aromatic carbocycles. The summed E-state index contributed by atoms with van der Waals surface area (Å²) in [6, 6.07) is 14.1. The van der Waals surface area contributed by atoms with Crippen LogP contribution in [0.5, 0.6) is 5.75 Å². The fourth-order valence-electron chi connectivity index (χ4n) is 6.11. The average Bonchev–Trinajstić information content (AvgIpc) is 2.92. The highest BCUT2D eigenvalue weighted by atomic mass is 16.6. The van der Waals surface area contributed by atoms with Crippen LogP contribution in [0.3, 0.4) is 0 Å². The molecule has 0 radical (unpaired) electrons. The summed E-state index contributed by atoms with van der Waals surface area (Å²) in [5.41, 5.74) is 3.76. The largest absolute Gasteiger partial charge is 0.490 e. The van der Waals surface area contributed by atoms with Crippen molar-refractivity contribution in [3.05, 3.63) is 59.2 Å². The highest BCUT2D eigenvalue weighted by molar-refractivity contribution is 5.94. The predicted molar refractivity (Wildman–Crippen MR) is 169 cm³/mol. The molecule has 0 unspecified atom stereocenters. The van der Waals surface area contributed by atoms with E-state index in [1.54, 1.807) is 11.8 Å². The lowest BCUT2D eigenvalue weighted by Crippen LogP contribution is -2.54. The van der Waals surface area contributed by atoms with Gasteiger partial charge in [0.1, 0.15) is 17.1 Å². The first-order valence-electron chi connectivity index (χ1n) is 15.6. The van der Waals surface area contributed by atoms with Crippen LogP contribution in [0, 0.1) is 12.8 Å². The second-order valence-corrected chi connectivity index (χ2v) is 13.4. The number of ether oxygens (including phenoxy) is 2. The number of nitrogens with zero attached hydrogens (tertiary/aromatic N) is 3. The van der Waals surface area contributed by atoms with E-state index in [4.69, 9.17) is 9.47 Å². The van der Waals surface area contributed by atoms with Crippen molar-refractivity contribution in [2.24, 2.45) is 5.92 Å².